The van der Waals surface area contributed by atoms with Gasteiger partial charge in [-0.05, 0) is 25.7 Å². The van der Waals surface area contributed by atoms with Gasteiger partial charge in [-0.15, -0.1) is 0 Å². The lowest BCUT2D eigenvalue weighted by atomic mass is 10.2. The molecule has 5 heteroatoms. The van der Waals surface area contributed by atoms with Gasteiger partial charge in [-0.3, -0.25) is 4.79 Å². The molecule has 136 valence electrons. The molecule has 0 saturated carbocycles. The van der Waals surface area contributed by atoms with Crippen LogP contribution in [0.1, 0.15) is 49.0 Å². The lowest BCUT2D eigenvalue weighted by molar-refractivity contribution is 0.0787. The predicted octanol–water partition coefficient (Wildman–Crippen LogP) is 3.76. The van der Waals surface area contributed by atoms with E-state index >= 15 is 0 Å². The molecule has 2 aromatic rings. The van der Waals surface area contributed by atoms with Gasteiger partial charge in [-0.1, -0.05) is 43.2 Å². The molecule has 3 heterocycles. The van der Waals surface area contributed by atoms with Gasteiger partial charge in [0, 0.05) is 37.8 Å². The third kappa shape index (κ3) is 3.71. The SMILES string of the molecule is O=C(c1cc(N2CCCCCC2)nc(-c2ccccc2)n1)N1CCCC1. The number of amides is 1. The van der Waals surface area contributed by atoms with Crippen molar-refractivity contribution in [1.82, 2.24) is 14.9 Å². The van der Waals surface area contributed by atoms with E-state index in [4.69, 9.17) is 4.98 Å². The summed E-state index contributed by atoms with van der Waals surface area (Å²) in [6.45, 7) is 3.68. The normalized spacial score (nSPS) is 18.0. The zero-order valence-corrected chi connectivity index (χ0v) is 15.2. The Morgan fingerprint density at radius 1 is 0.808 bits per heavy atom. The summed E-state index contributed by atoms with van der Waals surface area (Å²) in [5.74, 6) is 1.58. The minimum Gasteiger partial charge on any atom is -0.356 e. The van der Waals surface area contributed by atoms with E-state index in [2.05, 4.69) is 9.88 Å². The maximum absolute atomic E-state index is 13.0. The van der Waals surface area contributed by atoms with Crippen molar-refractivity contribution in [2.24, 2.45) is 0 Å². The maximum atomic E-state index is 13.0. The van der Waals surface area contributed by atoms with Crippen LogP contribution in [-0.4, -0.2) is 47.0 Å². The van der Waals surface area contributed by atoms with Crippen LogP contribution in [0.4, 0.5) is 5.82 Å². The zero-order valence-electron chi connectivity index (χ0n) is 15.2. The maximum Gasteiger partial charge on any atom is 0.272 e. The summed E-state index contributed by atoms with van der Waals surface area (Å²) in [7, 11) is 0. The Balaban J connectivity index is 1.72. The Bertz CT molecular complexity index is 748. The van der Waals surface area contributed by atoms with Crippen molar-refractivity contribution >= 4 is 11.7 Å². The monoisotopic (exact) mass is 350 g/mol. The van der Waals surface area contributed by atoms with Gasteiger partial charge < -0.3 is 9.80 Å². The van der Waals surface area contributed by atoms with Crippen LogP contribution in [-0.2, 0) is 0 Å². The first-order chi connectivity index (χ1) is 12.8. The predicted molar refractivity (Wildman–Crippen MR) is 103 cm³/mol. The number of hydrogen-bond acceptors (Lipinski definition) is 4. The lowest BCUT2D eigenvalue weighted by Gasteiger charge is -2.23. The van der Waals surface area contributed by atoms with Crippen molar-refractivity contribution in [2.75, 3.05) is 31.1 Å². The van der Waals surface area contributed by atoms with Crippen LogP contribution in [0.5, 0.6) is 0 Å². The van der Waals surface area contributed by atoms with Crippen molar-refractivity contribution in [3.8, 4) is 11.4 Å². The number of aromatic nitrogens is 2. The van der Waals surface area contributed by atoms with Crippen molar-refractivity contribution < 1.29 is 4.79 Å². The van der Waals surface area contributed by atoms with Gasteiger partial charge in [0.25, 0.3) is 5.91 Å². The average molecular weight is 350 g/mol. The van der Waals surface area contributed by atoms with E-state index in [1.54, 1.807) is 0 Å². The van der Waals surface area contributed by atoms with Gasteiger partial charge >= 0.3 is 0 Å². The first-order valence-electron chi connectivity index (χ1n) is 9.80. The van der Waals surface area contributed by atoms with Crippen molar-refractivity contribution in [1.29, 1.82) is 0 Å². The van der Waals surface area contributed by atoms with Crippen LogP contribution in [0, 0.1) is 0 Å². The minimum atomic E-state index is 0.0400. The average Bonchev–Trinajstić information content (AvgIpc) is 3.10. The third-order valence-electron chi connectivity index (χ3n) is 5.29. The summed E-state index contributed by atoms with van der Waals surface area (Å²) >= 11 is 0. The molecule has 0 unspecified atom stereocenters. The molecule has 1 aromatic carbocycles. The largest absolute Gasteiger partial charge is 0.356 e. The van der Waals surface area contributed by atoms with Gasteiger partial charge in [-0.2, -0.15) is 0 Å². The Morgan fingerprint density at radius 2 is 1.46 bits per heavy atom. The van der Waals surface area contributed by atoms with Gasteiger partial charge in [0.2, 0.25) is 0 Å². The van der Waals surface area contributed by atoms with E-state index in [9.17, 15) is 4.79 Å². The van der Waals surface area contributed by atoms with E-state index < -0.39 is 0 Å². The molecule has 0 spiro atoms. The van der Waals surface area contributed by atoms with Crippen LogP contribution in [0.2, 0.25) is 0 Å². The van der Waals surface area contributed by atoms with Crippen LogP contribution < -0.4 is 4.90 Å². The molecular weight excluding hydrogens is 324 g/mol. The van der Waals surface area contributed by atoms with Gasteiger partial charge in [0.15, 0.2) is 5.82 Å². The molecule has 0 atom stereocenters. The fourth-order valence-corrected chi connectivity index (χ4v) is 3.80. The summed E-state index contributed by atoms with van der Waals surface area (Å²) < 4.78 is 0. The summed E-state index contributed by atoms with van der Waals surface area (Å²) in [4.78, 5) is 26.7. The Labute approximate surface area is 155 Å². The number of rotatable bonds is 3. The van der Waals surface area contributed by atoms with Gasteiger partial charge in [0.1, 0.15) is 11.5 Å². The second-order valence-electron chi connectivity index (χ2n) is 7.20. The quantitative estimate of drug-likeness (QED) is 0.846. The first kappa shape index (κ1) is 17.0. The highest BCUT2D eigenvalue weighted by Gasteiger charge is 2.23. The Kier molecular flexibility index (Phi) is 5.14. The Hall–Kier alpha value is -2.43. The highest BCUT2D eigenvalue weighted by Crippen LogP contribution is 2.24. The number of anilines is 1. The van der Waals surface area contributed by atoms with E-state index in [1.165, 1.54) is 25.7 Å². The van der Waals surface area contributed by atoms with Gasteiger partial charge in [0.05, 0.1) is 0 Å². The highest BCUT2D eigenvalue weighted by atomic mass is 16.2. The fourth-order valence-electron chi connectivity index (χ4n) is 3.80. The van der Waals surface area contributed by atoms with E-state index in [0.29, 0.717) is 11.5 Å². The molecule has 5 nitrogen and oxygen atoms in total. The number of benzene rings is 1. The summed E-state index contributed by atoms with van der Waals surface area (Å²) in [5.41, 5.74) is 1.49. The van der Waals surface area contributed by atoms with E-state index in [-0.39, 0.29) is 5.91 Å². The first-order valence-corrected chi connectivity index (χ1v) is 9.80. The van der Waals surface area contributed by atoms with Crippen molar-refractivity contribution in [3.63, 3.8) is 0 Å². The molecular formula is C21H26N4O. The lowest BCUT2D eigenvalue weighted by Crippen LogP contribution is -2.30. The van der Waals surface area contributed by atoms with Crippen molar-refractivity contribution in [2.45, 2.75) is 38.5 Å². The molecule has 2 aliphatic heterocycles. The van der Waals surface area contributed by atoms with Crippen LogP contribution in [0.25, 0.3) is 11.4 Å². The second kappa shape index (κ2) is 7.85. The smallest absolute Gasteiger partial charge is 0.272 e. The molecule has 0 bridgehead atoms. The number of carbonyl (C=O) groups is 1. The molecule has 0 radical (unpaired) electrons. The Morgan fingerprint density at radius 3 is 2.15 bits per heavy atom. The highest BCUT2D eigenvalue weighted by molar-refractivity contribution is 5.93. The van der Waals surface area contributed by atoms with Crippen LogP contribution >= 0.6 is 0 Å². The van der Waals surface area contributed by atoms with E-state index in [1.807, 2.05) is 41.3 Å². The van der Waals surface area contributed by atoms with E-state index in [0.717, 1.165) is 50.4 Å². The standard InChI is InChI=1S/C21H26N4O/c26-21(25-14-8-9-15-25)18-16-19(24-12-6-1-2-7-13-24)23-20(22-18)17-10-4-3-5-11-17/h3-5,10-11,16H,1-2,6-9,12-15H2. The second-order valence-corrected chi connectivity index (χ2v) is 7.20. The topological polar surface area (TPSA) is 49.3 Å². The molecule has 2 fully saturated rings. The zero-order chi connectivity index (χ0) is 17.8. The van der Waals surface area contributed by atoms with Crippen LogP contribution in [0.3, 0.4) is 0 Å². The third-order valence-corrected chi connectivity index (χ3v) is 5.29. The molecule has 2 aliphatic rings. The van der Waals surface area contributed by atoms with Crippen molar-refractivity contribution in [3.05, 3.63) is 42.1 Å². The van der Waals surface area contributed by atoms with Gasteiger partial charge in [-0.25, -0.2) is 9.97 Å². The fraction of sp³-hybridized carbons (Fsp3) is 0.476. The summed E-state index contributed by atoms with van der Waals surface area (Å²) in [5, 5.41) is 0. The van der Waals surface area contributed by atoms with Crippen LogP contribution in [0.15, 0.2) is 36.4 Å². The number of hydrogen-bond donors (Lipinski definition) is 0. The molecule has 2 saturated heterocycles. The number of carbonyl (C=O) groups excluding carboxylic acids is 1. The molecule has 4 rings (SSSR count). The summed E-state index contributed by atoms with van der Waals surface area (Å²) in [6, 6.07) is 11.9. The number of likely N-dealkylation sites (tertiary alicyclic amines) is 1. The molecule has 1 amide bonds. The molecule has 0 N–H and O–H groups in total. The summed E-state index contributed by atoms with van der Waals surface area (Å²) in [6.07, 6.45) is 7.07. The number of nitrogens with zero attached hydrogens (tertiary/aromatic N) is 4. The molecule has 26 heavy (non-hydrogen) atoms. The molecule has 0 aliphatic carbocycles. The minimum absolute atomic E-state index is 0.0400. The molecule has 1 aromatic heterocycles.